The summed E-state index contributed by atoms with van der Waals surface area (Å²) in [6.07, 6.45) is 0.128. The normalized spacial score (nSPS) is 16.4. The minimum Gasteiger partial charge on any atom is -0.487 e. The molecule has 3 N–H and O–H groups in total. The first-order valence-corrected chi connectivity index (χ1v) is 9.46. The fourth-order valence-corrected chi connectivity index (χ4v) is 3.48. The van der Waals surface area contributed by atoms with E-state index in [0.717, 1.165) is 17.0 Å². The van der Waals surface area contributed by atoms with Crippen LogP contribution in [0.2, 0.25) is 0 Å². The molecule has 1 aliphatic rings. The van der Waals surface area contributed by atoms with E-state index in [0.29, 0.717) is 22.8 Å². The number of hydrogen-bond acceptors (Lipinski definition) is 5. The van der Waals surface area contributed by atoms with Gasteiger partial charge in [-0.2, -0.15) is 5.26 Å². The molecular weight excluding hydrogens is 388 g/mol. The third-order valence-electron chi connectivity index (χ3n) is 4.45. The molecule has 150 valence electrons. The minimum atomic E-state index is -0.541. The van der Waals surface area contributed by atoms with Crippen LogP contribution in [0.5, 0.6) is 5.75 Å². The first kappa shape index (κ1) is 20.4. The Labute approximate surface area is 175 Å². The number of nitrogens with one attached hydrogen (secondary N) is 3. The van der Waals surface area contributed by atoms with Crippen LogP contribution < -0.4 is 20.7 Å². The molecule has 1 atom stereocenters. The van der Waals surface area contributed by atoms with Crippen molar-refractivity contribution in [1.29, 1.82) is 5.26 Å². The summed E-state index contributed by atoms with van der Waals surface area (Å²) in [7, 11) is 1.31. The van der Waals surface area contributed by atoms with Crippen molar-refractivity contribution in [3.63, 3.8) is 0 Å². The van der Waals surface area contributed by atoms with Gasteiger partial charge in [-0.3, -0.25) is 5.32 Å². The quantitative estimate of drug-likeness (QED) is 0.648. The summed E-state index contributed by atoms with van der Waals surface area (Å²) in [5.74, 6) is 0.725. The zero-order valence-electron chi connectivity index (χ0n) is 16.4. The Morgan fingerprint density at radius 3 is 2.72 bits per heavy atom. The number of carbonyl (C=O) groups excluding carboxylic acids is 1. The summed E-state index contributed by atoms with van der Waals surface area (Å²) in [6, 6.07) is 14.5. The number of hydrogen-bond donors (Lipinski definition) is 3. The summed E-state index contributed by atoms with van der Waals surface area (Å²) in [5, 5.41) is 18.6. The number of amides is 1. The zero-order valence-corrected chi connectivity index (χ0v) is 17.2. The molecule has 8 heteroatoms. The largest absolute Gasteiger partial charge is 0.487 e. The molecule has 0 bridgehead atoms. The maximum atomic E-state index is 11.5. The van der Waals surface area contributed by atoms with E-state index >= 15 is 0 Å². The maximum absolute atomic E-state index is 11.5. The van der Waals surface area contributed by atoms with Gasteiger partial charge in [-0.05, 0) is 62.5 Å². The van der Waals surface area contributed by atoms with Gasteiger partial charge in [0.1, 0.15) is 11.4 Å². The highest BCUT2D eigenvalue weighted by Gasteiger charge is 2.34. The number of methoxy groups -OCH3 is 1. The van der Waals surface area contributed by atoms with Gasteiger partial charge in [0.05, 0.1) is 24.8 Å². The van der Waals surface area contributed by atoms with Gasteiger partial charge < -0.3 is 20.1 Å². The number of nitriles is 1. The van der Waals surface area contributed by atoms with Gasteiger partial charge in [0.15, 0.2) is 5.11 Å². The number of nitrogens with zero attached hydrogens (tertiary/aromatic N) is 1. The molecule has 1 heterocycles. The second kappa shape index (κ2) is 8.37. The lowest BCUT2D eigenvalue weighted by molar-refractivity contribution is 0.0697. The van der Waals surface area contributed by atoms with E-state index in [4.69, 9.17) is 22.2 Å². The molecule has 7 nitrogen and oxygen atoms in total. The highest BCUT2D eigenvalue weighted by molar-refractivity contribution is 7.80. The van der Waals surface area contributed by atoms with Crippen LogP contribution in [0.3, 0.4) is 0 Å². The van der Waals surface area contributed by atoms with Crippen LogP contribution in [0, 0.1) is 11.3 Å². The molecule has 2 aromatic rings. The van der Waals surface area contributed by atoms with E-state index in [9.17, 15) is 4.79 Å². The minimum absolute atomic E-state index is 0.132. The Morgan fingerprint density at radius 2 is 2.00 bits per heavy atom. The number of anilines is 2. The van der Waals surface area contributed by atoms with Gasteiger partial charge in [0.25, 0.3) is 0 Å². The maximum Gasteiger partial charge on any atom is 0.411 e. The molecule has 0 saturated carbocycles. The van der Waals surface area contributed by atoms with E-state index in [1.54, 1.807) is 24.3 Å². The predicted octanol–water partition coefficient (Wildman–Crippen LogP) is 4.33. The molecule has 0 aromatic heterocycles. The summed E-state index contributed by atoms with van der Waals surface area (Å²) in [4.78, 5) is 11.5. The van der Waals surface area contributed by atoms with Crippen molar-refractivity contribution in [2.45, 2.75) is 31.9 Å². The lowest BCUT2D eigenvalue weighted by atomic mass is 9.89. The van der Waals surface area contributed by atoms with E-state index in [-0.39, 0.29) is 6.04 Å². The number of benzene rings is 2. The summed E-state index contributed by atoms with van der Waals surface area (Å²) in [5.41, 5.74) is 2.38. The van der Waals surface area contributed by atoms with Crippen LogP contribution in [0.15, 0.2) is 42.5 Å². The topological polar surface area (TPSA) is 95.4 Å². The highest BCUT2D eigenvalue weighted by atomic mass is 32.1. The van der Waals surface area contributed by atoms with Crippen LogP contribution in [-0.2, 0) is 4.74 Å². The summed E-state index contributed by atoms with van der Waals surface area (Å²) < 4.78 is 10.7. The van der Waals surface area contributed by atoms with Gasteiger partial charge in [-0.15, -0.1) is 0 Å². The fraction of sp³-hybridized carbons (Fsp3) is 0.286. The average Bonchev–Trinajstić information content (AvgIpc) is 2.67. The Bertz CT molecular complexity index is 984. The van der Waals surface area contributed by atoms with Crippen molar-refractivity contribution in [2.24, 2.45) is 0 Å². The van der Waals surface area contributed by atoms with E-state index in [1.807, 2.05) is 32.0 Å². The SMILES string of the molecule is COC(=O)Nc1ccc2c(c1)C(NC(=S)Nc1cccc(C#N)c1)CC(C)(C)O2. The van der Waals surface area contributed by atoms with Crippen LogP contribution in [-0.4, -0.2) is 23.9 Å². The number of thiocarbonyl (C=S) groups is 1. The van der Waals surface area contributed by atoms with E-state index in [2.05, 4.69) is 26.8 Å². The second-order valence-electron chi connectivity index (χ2n) is 7.28. The van der Waals surface area contributed by atoms with E-state index in [1.165, 1.54) is 7.11 Å². The van der Waals surface area contributed by atoms with Crippen molar-refractivity contribution in [3.05, 3.63) is 53.6 Å². The highest BCUT2D eigenvalue weighted by Crippen LogP contribution is 2.40. The molecule has 0 saturated heterocycles. The molecule has 2 aromatic carbocycles. The third-order valence-corrected chi connectivity index (χ3v) is 4.67. The number of rotatable bonds is 3. The smallest absolute Gasteiger partial charge is 0.411 e. The van der Waals surface area contributed by atoms with Gasteiger partial charge in [-0.25, -0.2) is 4.79 Å². The predicted molar refractivity (Wildman–Crippen MR) is 115 cm³/mol. The molecule has 3 rings (SSSR count). The van der Waals surface area contributed by atoms with Gasteiger partial charge in [0.2, 0.25) is 0 Å². The fourth-order valence-electron chi connectivity index (χ4n) is 3.22. The van der Waals surface area contributed by atoms with Crippen LogP contribution in [0.4, 0.5) is 16.2 Å². The summed E-state index contributed by atoms with van der Waals surface area (Å²) in [6.45, 7) is 4.02. The van der Waals surface area contributed by atoms with Crippen molar-refractivity contribution in [2.75, 3.05) is 17.7 Å². The molecule has 0 spiro atoms. The molecule has 29 heavy (non-hydrogen) atoms. The zero-order chi connectivity index (χ0) is 21.0. The first-order chi connectivity index (χ1) is 13.8. The molecule has 1 aliphatic heterocycles. The third kappa shape index (κ3) is 5.15. The molecule has 1 amide bonds. The monoisotopic (exact) mass is 410 g/mol. The van der Waals surface area contributed by atoms with Crippen LogP contribution >= 0.6 is 12.2 Å². The molecule has 0 radical (unpaired) electrons. The van der Waals surface area contributed by atoms with Gasteiger partial charge in [0, 0.05) is 23.4 Å². The summed E-state index contributed by atoms with van der Waals surface area (Å²) >= 11 is 5.49. The molecule has 0 fully saturated rings. The molecule has 0 aliphatic carbocycles. The van der Waals surface area contributed by atoms with Crippen molar-refractivity contribution < 1.29 is 14.3 Å². The van der Waals surface area contributed by atoms with Crippen molar-refractivity contribution in [3.8, 4) is 11.8 Å². The second-order valence-corrected chi connectivity index (χ2v) is 7.69. The van der Waals surface area contributed by atoms with Gasteiger partial charge in [-0.1, -0.05) is 6.07 Å². The van der Waals surface area contributed by atoms with Crippen LogP contribution in [0.1, 0.15) is 37.4 Å². The number of carbonyl (C=O) groups is 1. The first-order valence-electron chi connectivity index (χ1n) is 9.05. The van der Waals surface area contributed by atoms with Crippen molar-refractivity contribution in [1.82, 2.24) is 5.32 Å². The van der Waals surface area contributed by atoms with E-state index < -0.39 is 11.7 Å². The number of ether oxygens (including phenoxy) is 2. The lowest BCUT2D eigenvalue weighted by Gasteiger charge is -2.38. The Kier molecular flexibility index (Phi) is 5.89. The lowest BCUT2D eigenvalue weighted by Crippen LogP contribution is -2.42. The van der Waals surface area contributed by atoms with Crippen molar-refractivity contribution >= 4 is 34.8 Å². The van der Waals surface area contributed by atoms with Gasteiger partial charge >= 0.3 is 6.09 Å². The standard InChI is InChI=1S/C21H22N4O3S/c1-21(2)11-17(25-19(29)23-14-6-4-5-13(9-14)12-22)16-10-15(24-20(26)27-3)7-8-18(16)28-21/h4-10,17H,11H2,1-3H3,(H,24,26)(H2,23,25,29). The Morgan fingerprint density at radius 1 is 1.24 bits per heavy atom. The Hall–Kier alpha value is -3.31. The van der Waals surface area contributed by atoms with Crippen LogP contribution in [0.25, 0.3) is 0 Å². The Balaban J connectivity index is 1.81. The number of fused-ring (bicyclic) bond motifs is 1. The molecule has 1 unspecified atom stereocenters. The average molecular weight is 410 g/mol. The molecular formula is C21H22N4O3S.